The fraction of sp³-hybridized carbons (Fsp3) is 0.500. The van der Waals surface area contributed by atoms with Gasteiger partial charge in [-0.05, 0) is 6.42 Å². The summed E-state index contributed by atoms with van der Waals surface area (Å²) in [6.07, 6.45) is 1.91. The smallest absolute Gasteiger partial charge is 0.340 e. The Hall–Kier alpha value is -1.36. The average molecular weight is 182 g/mol. The lowest BCUT2D eigenvalue weighted by molar-refractivity contribution is -0.164. The predicted octanol–water partition coefficient (Wildman–Crippen LogP) is -0.126. The predicted molar refractivity (Wildman–Crippen MR) is 43.0 cm³/mol. The molecule has 5 heteroatoms. The van der Waals surface area contributed by atoms with E-state index in [0.29, 0.717) is 12.0 Å². The van der Waals surface area contributed by atoms with Gasteiger partial charge in [-0.3, -0.25) is 5.10 Å². The van der Waals surface area contributed by atoms with E-state index >= 15 is 0 Å². The summed E-state index contributed by atoms with van der Waals surface area (Å²) in [5.74, 6) is -1.52. The summed E-state index contributed by atoms with van der Waals surface area (Å²) in [7, 11) is 0. The van der Waals surface area contributed by atoms with Crippen LogP contribution < -0.4 is 0 Å². The van der Waals surface area contributed by atoms with E-state index in [2.05, 4.69) is 10.2 Å². The number of aromatic nitrogens is 2. The minimum Gasteiger partial charge on any atom is -0.479 e. The molecule has 2 unspecified atom stereocenters. The van der Waals surface area contributed by atoms with Crippen molar-refractivity contribution in [2.75, 3.05) is 0 Å². The van der Waals surface area contributed by atoms with E-state index in [1.54, 1.807) is 6.92 Å². The van der Waals surface area contributed by atoms with Crippen molar-refractivity contribution in [1.82, 2.24) is 10.2 Å². The largest absolute Gasteiger partial charge is 0.479 e. The molecular formula is C8H10N2O3. The second-order valence-corrected chi connectivity index (χ2v) is 3.44. The lowest BCUT2D eigenvalue weighted by Crippen LogP contribution is -2.38. The average Bonchev–Trinajstić information content (AvgIpc) is 2.57. The summed E-state index contributed by atoms with van der Waals surface area (Å²) < 4.78 is 0. The van der Waals surface area contributed by atoms with Gasteiger partial charge in [-0.2, -0.15) is 5.10 Å². The first kappa shape index (κ1) is 8.25. The van der Waals surface area contributed by atoms with Crippen molar-refractivity contribution < 1.29 is 15.0 Å². The van der Waals surface area contributed by atoms with E-state index in [4.69, 9.17) is 5.11 Å². The number of nitrogens with zero attached hydrogens (tertiary/aromatic N) is 1. The zero-order valence-corrected chi connectivity index (χ0v) is 7.11. The molecule has 13 heavy (non-hydrogen) atoms. The molecule has 2 rings (SSSR count). The highest BCUT2D eigenvalue weighted by molar-refractivity contribution is 5.81. The zero-order chi connectivity index (χ0) is 9.64. The van der Waals surface area contributed by atoms with Gasteiger partial charge in [0.25, 0.3) is 0 Å². The Kier molecular flexibility index (Phi) is 1.47. The Morgan fingerprint density at radius 2 is 2.54 bits per heavy atom. The van der Waals surface area contributed by atoms with Crippen LogP contribution in [0.15, 0.2) is 6.20 Å². The summed E-state index contributed by atoms with van der Waals surface area (Å²) in [6.45, 7) is 1.71. The molecule has 0 amide bonds. The number of aliphatic hydroxyl groups is 1. The number of hydrogen-bond donors (Lipinski definition) is 3. The first-order chi connectivity index (χ1) is 6.06. The molecule has 1 aliphatic rings. The molecular weight excluding hydrogens is 172 g/mol. The summed E-state index contributed by atoms with van der Waals surface area (Å²) in [5, 5.41) is 25.2. The van der Waals surface area contributed by atoms with Gasteiger partial charge in [0, 0.05) is 17.2 Å². The maximum atomic E-state index is 10.9. The molecule has 0 spiro atoms. The molecule has 5 nitrogen and oxygen atoms in total. The fourth-order valence-corrected chi connectivity index (χ4v) is 1.84. The summed E-state index contributed by atoms with van der Waals surface area (Å²) >= 11 is 0. The Balaban J connectivity index is 2.56. The quantitative estimate of drug-likeness (QED) is 0.564. The molecule has 0 aromatic carbocycles. The summed E-state index contributed by atoms with van der Waals surface area (Å²) in [6, 6.07) is 0. The normalized spacial score (nSPS) is 31.7. The van der Waals surface area contributed by atoms with Crippen LogP contribution in [0.25, 0.3) is 0 Å². The van der Waals surface area contributed by atoms with Gasteiger partial charge >= 0.3 is 5.97 Å². The van der Waals surface area contributed by atoms with E-state index in [0.717, 1.165) is 5.69 Å². The van der Waals surface area contributed by atoms with Crippen molar-refractivity contribution in [3.63, 3.8) is 0 Å². The molecule has 1 aliphatic carbocycles. The molecule has 0 bridgehead atoms. The number of rotatable bonds is 1. The summed E-state index contributed by atoms with van der Waals surface area (Å²) in [4.78, 5) is 10.9. The van der Waals surface area contributed by atoms with E-state index < -0.39 is 11.6 Å². The maximum absolute atomic E-state index is 10.9. The Morgan fingerprint density at radius 3 is 3.15 bits per heavy atom. The van der Waals surface area contributed by atoms with Crippen molar-refractivity contribution in [3.8, 4) is 0 Å². The van der Waals surface area contributed by atoms with Crippen LogP contribution in [0, 0.1) is 5.92 Å². The van der Waals surface area contributed by atoms with Gasteiger partial charge in [0.1, 0.15) is 0 Å². The molecule has 1 aromatic rings. The molecule has 0 radical (unpaired) electrons. The molecule has 0 saturated heterocycles. The second-order valence-electron chi connectivity index (χ2n) is 3.44. The number of H-pyrrole nitrogens is 1. The van der Waals surface area contributed by atoms with Crippen LogP contribution in [-0.2, 0) is 16.8 Å². The van der Waals surface area contributed by atoms with E-state index in [1.807, 2.05) is 0 Å². The molecule has 2 atom stereocenters. The van der Waals surface area contributed by atoms with Crippen LogP contribution >= 0.6 is 0 Å². The van der Waals surface area contributed by atoms with Gasteiger partial charge in [-0.25, -0.2) is 4.79 Å². The lowest BCUT2D eigenvalue weighted by atomic mass is 9.90. The van der Waals surface area contributed by atoms with E-state index in [-0.39, 0.29) is 5.92 Å². The van der Waals surface area contributed by atoms with Crippen molar-refractivity contribution in [3.05, 3.63) is 17.5 Å². The SMILES string of the molecule is CC1Cc2[nH]ncc2C1(O)C(=O)O. The van der Waals surface area contributed by atoms with Crippen molar-refractivity contribution in [1.29, 1.82) is 0 Å². The number of carboxylic acid groups (broad SMARTS) is 1. The highest BCUT2D eigenvalue weighted by Gasteiger charge is 2.50. The molecule has 0 fully saturated rings. The molecule has 3 N–H and O–H groups in total. The molecule has 1 heterocycles. The van der Waals surface area contributed by atoms with E-state index in [1.165, 1.54) is 6.20 Å². The number of hydrogen-bond acceptors (Lipinski definition) is 3. The van der Waals surface area contributed by atoms with Crippen molar-refractivity contribution in [2.45, 2.75) is 18.9 Å². The lowest BCUT2D eigenvalue weighted by Gasteiger charge is -2.22. The van der Waals surface area contributed by atoms with Crippen molar-refractivity contribution in [2.24, 2.45) is 5.92 Å². The van der Waals surface area contributed by atoms with Gasteiger partial charge < -0.3 is 10.2 Å². The Morgan fingerprint density at radius 1 is 1.85 bits per heavy atom. The van der Waals surface area contributed by atoms with Crippen LogP contribution in [0.3, 0.4) is 0 Å². The van der Waals surface area contributed by atoms with Crippen LogP contribution in [0.2, 0.25) is 0 Å². The van der Waals surface area contributed by atoms with Gasteiger partial charge in [-0.15, -0.1) is 0 Å². The summed E-state index contributed by atoms with van der Waals surface area (Å²) in [5.41, 5.74) is -0.646. The van der Waals surface area contributed by atoms with E-state index in [9.17, 15) is 9.90 Å². The highest BCUT2D eigenvalue weighted by Crippen LogP contribution is 2.40. The number of aliphatic carboxylic acids is 1. The first-order valence-corrected chi connectivity index (χ1v) is 4.05. The molecule has 70 valence electrons. The fourth-order valence-electron chi connectivity index (χ4n) is 1.84. The van der Waals surface area contributed by atoms with Gasteiger partial charge in [0.2, 0.25) is 0 Å². The molecule has 1 aromatic heterocycles. The number of carboxylic acids is 1. The van der Waals surface area contributed by atoms with Gasteiger partial charge in [-0.1, -0.05) is 6.92 Å². The number of fused-ring (bicyclic) bond motifs is 1. The standard InChI is InChI=1S/C8H10N2O3/c1-4-2-6-5(3-9-10-6)8(4,13)7(11)12/h3-4,13H,2H2,1H3,(H,9,10)(H,11,12). The monoisotopic (exact) mass is 182 g/mol. The first-order valence-electron chi connectivity index (χ1n) is 4.05. The zero-order valence-electron chi connectivity index (χ0n) is 7.11. The van der Waals surface area contributed by atoms with Gasteiger partial charge in [0.15, 0.2) is 5.60 Å². The van der Waals surface area contributed by atoms with Crippen LogP contribution in [-0.4, -0.2) is 26.4 Å². The highest BCUT2D eigenvalue weighted by atomic mass is 16.4. The van der Waals surface area contributed by atoms with Crippen LogP contribution in [0.5, 0.6) is 0 Å². The Bertz CT molecular complexity index is 360. The third-order valence-corrected chi connectivity index (χ3v) is 2.68. The van der Waals surface area contributed by atoms with Crippen molar-refractivity contribution >= 4 is 5.97 Å². The number of aromatic amines is 1. The topological polar surface area (TPSA) is 86.2 Å². The minimum atomic E-state index is -1.76. The number of carbonyl (C=O) groups is 1. The third-order valence-electron chi connectivity index (χ3n) is 2.68. The minimum absolute atomic E-state index is 0.311. The van der Waals surface area contributed by atoms with Gasteiger partial charge in [0.05, 0.1) is 6.20 Å². The van der Waals surface area contributed by atoms with Crippen LogP contribution in [0.1, 0.15) is 18.2 Å². The second kappa shape index (κ2) is 2.32. The van der Waals surface area contributed by atoms with Crippen LogP contribution in [0.4, 0.5) is 0 Å². The number of nitrogens with one attached hydrogen (secondary N) is 1. The Labute approximate surface area is 74.4 Å². The maximum Gasteiger partial charge on any atom is 0.340 e. The molecule has 0 saturated carbocycles. The third kappa shape index (κ3) is 0.846. The molecule has 0 aliphatic heterocycles.